The molecule has 0 saturated carbocycles. The van der Waals surface area contributed by atoms with Gasteiger partial charge in [0.1, 0.15) is 5.82 Å². The third kappa shape index (κ3) is 3.10. The molecule has 22 heavy (non-hydrogen) atoms. The predicted molar refractivity (Wildman–Crippen MR) is 82.6 cm³/mol. The Hall–Kier alpha value is -2.37. The molecule has 5 nitrogen and oxygen atoms in total. The molecule has 0 saturated heterocycles. The summed E-state index contributed by atoms with van der Waals surface area (Å²) in [5, 5.41) is 0. The lowest BCUT2D eigenvalue weighted by molar-refractivity contribution is 0.0526. The molecular formula is C16H20FN3O2. The zero-order valence-corrected chi connectivity index (χ0v) is 13.2. The van der Waals surface area contributed by atoms with E-state index in [0.29, 0.717) is 0 Å². The molecule has 0 fully saturated rings. The molecule has 0 unspecified atom stereocenters. The molecule has 0 aliphatic rings. The lowest BCUT2D eigenvalue weighted by Gasteiger charge is -2.15. The summed E-state index contributed by atoms with van der Waals surface area (Å²) >= 11 is 0. The molecule has 0 aliphatic heterocycles. The van der Waals surface area contributed by atoms with Crippen molar-refractivity contribution in [2.45, 2.75) is 33.1 Å². The van der Waals surface area contributed by atoms with Crippen LogP contribution in [0.5, 0.6) is 0 Å². The average molecular weight is 305 g/mol. The second-order valence-corrected chi connectivity index (χ2v) is 6.04. The van der Waals surface area contributed by atoms with Gasteiger partial charge in [-0.3, -0.25) is 0 Å². The van der Waals surface area contributed by atoms with Crippen molar-refractivity contribution in [3.05, 3.63) is 41.7 Å². The number of nitrogens with zero attached hydrogens (tertiary/aromatic N) is 2. The Labute approximate surface area is 128 Å². The highest BCUT2D eigenvalue weighted by atomic mass is 19.1. The van der Waals surface area contributed by atoms with Gasteiger partial charge in [0, 0.05) is 17.3 Å². The number of anilines is 1. The van der Waals surface area contributed by atoms with E-state index in [0.717, 1.165) is 5.69 Å². The van der Waals surface area contributed by atoms with E-state index in [1.54, 1.807) is 13.1 Å². The number of nitrogen functional groups attached to an aromatic ring is 1. The van der Waals surface area contributed by atoms with Crippen LogP contribution in [0, 0.1) is 5.82 Å². The van der Waals surface area contributed by atoms with E-state index in [9.17, 15) is 9.18 Å². The standard InChI is InChI=1S/C16H20FN3O2/c1-5-22-15(21)11-6-10(18)7-12(17)14(11)20-8-13(19-9-20)16(2,3)4/h6-9H,5,18H2,1-4H3. The fourth-order valence-corrected chi connectivity index (χ4v) is 2.08. The van der Waals surface area contributed by atoms with Crippen LogP contribution in [-0.4, -0.2) is 22.1 Å². The monoisotopic (exact) mass is 305 g/mol. The second kappa shape index (κ2) is 5.79. The smallest absolute Gasteiger partial charge is 0.340 e. The van der Waals surface area contributed by atoms with Crippen molar-refractivity contribution in [1.82, 2.24) is 9.55 Å². The number of rotatable bonds is 3. The first-order valence-corrected chi connectivity index (χ1v) is 7.05. The molecule has 2 rings (SSSR count). The number of hydrogen-bond acceptors (Lipinski definition) is 4. The molecule has 0 aliphatic carbocycles. The average Bonchev–Trinajstić information content (AvgIpc) is 2.87. The summed E-state index contributed by atoms with van der Waals surface area (Å²) in [4.78, 5) is 16.4. The molecule has 0 radical (unpaired) electrons. The van der Waals surface area contributed by atoms with Gasteiger partial charge in [0.15, 0.2) is 0 Å². The number of benzene rings is 1. The predicted octanol–water partition coefficient (Wildman–Crippen LogP) is 3.07. The van der Waals surface area contributed by atoms with Crippen LogP contribution in [-0.2, 0) is 10.2 Å². The van der Waals surface area contributed by atoms with E-state index >= 15 is 0 Å². The van der Waals surface area contributed by atoms with Crippen molar-refractivity contribution < 1.29 is 13.9 Å². The van der Waals surface area contributed by atoms with Crippen LogP contribution >= 0.6 is 0 Å². The van der Waals surface area contributed by atoms with Crippen LogP contribution in [0.2, 0.25) is 0 Å². The van der Waals surface area contributed by atoms with Gasteiger partial charge in [0.05, 0.1) is 29.9 Å². The Morgan fingerprint density at radius 3 is 2.64 bits per heavy atom. The van der Waals surface area contributed by atoms with Crippen molar-refractivity contribution in [3.63, 3.8) is 0 Å². The molecule has 1 heterocycles. The summed E-state index contributed by atoms with van der Waals surface area (Å²) in [7, 11) is 0. The topological polar surface area (TPSA) is 70.1 Å². The summed E-state index contributed by atoms with van der Waals surface area (Å²) in [5.74, 6) is -1.21. The molecule has 6 heteroatoms. The van der Waals surface area contributed by atoms with E-state index in [1.165, 1.54) is 23.0 Å². The molecule has 1 aromatic carbocycles. The van der Waals surface area contributed by atoms with Crippen molar-refractivity contribution in [2.24, 2.45) is 0 Å². The molecule has 118 valence electrons. The van der Waals surface area contributed by atoms with Gasteiger partial charge >= 0.3 is 5.97 Å². The normalized spacial score (nSPS) is 11.5. The van der Waals surface area contributed by atoms with Gasteiger partial charge in [-0.15, -0.1) is 0 Å². The van der Waals surface area contributed by atoms with Crippen molar-refractivity contribution in [1.29, 1.82) is 0 Å². The maximum absolute atomic E-state index is 14.4. The number of carbonyl (C=O) groups is 1. The summed E-state index contributed by atoms with van der Waals surface area (Å²) in [6.07, 6.45) is 3.19. The first-order valence-electron chi connectivity index (χ1n) is 7.05. The number of imidazole rings is 1. The molecule has 2 aromatic rings. The zero-order chi connectivity index (χ0) is 16.5. The fourth-order valence-electron chi connectivity index (χ4n) is 2.08. The van der Waals surface area contributed by atoms with Gasteiger partial charge in [-0.05, 0) is 19.1 Å². The van der Waals surface area contributed by atoms with Crippen molar-refractivity contribution in [2.75, 3.05) is 12.3 Å². The van der Waals surface area contributed by atoms with E-state index in [1.807, 2.05) is 20.8 Å². The summed E-state index contributed by atoms with van der Waals surface area (Å²) in [6.45, 7) is 7.91. The molecule has 0 spiro atoms. The highest BCUT2D eigenvalue weighted by molar-refractivity contribution is 5.94. The summed E-state index contributed by atoms with van der Waals surface area (Å²) in [6, 6.07) is 2.59. The maximum atomic E-state index is 14.4. The van der Waals surface area contributed by atoms with E-state index in [-0.39, 0.29) is 29.0 Å². The molecule has 1 aromatic heterocycles. The quantitative estimate of drug-likeness (QED) is 0.699. The number of hydrogen-bond donors (Lipinski definition) is 1. The van der Waals surface area contributed by atoms with Crippen molar-refractivity contribution in [3.8, 4) is 5.69 Å². The number of nitrogens with two attached hydrogens (primary N) is 1. The molecular weight excluding hydrogens is 285 g/mol. The van der Waals surface area contributed by atoms with Gasteiger partial charge in [-0.2, -0.15) is 0 Å². The number of esters is 1. The lowest BCUT2D eigenvalue weighted by Crippen LogP contribution is -2.13. The summed E-state index contributed by atoms with van der Waals surface area (Å²) in [5.41, 5.74) is 6.59. The van der Waals surface area contributed by atoms with Gasteiger partial charge < -0.3 is 15.0 Å². The molecule has 0 amide bonds. The first-order chi connectivity index (χ1) is 10.2. The SMILES string of the molecule is CCOC(=O)c1cc(N)cc(F)c1-n1cnc(C(C)(C)C)c1. The maximum Gasteiger partial charge on any atom is 0.340 e. The third-order valence-electron chi connectivity index (χ3n) is 3.19. The Morgan fingerprint density at radius 2 is 2.09 bits per heavy atom. The first kappa shape index (κ1) is 16.0. The zero-order valence-electron chi connectivity index (χ0n) is 13.2. The van der Waals surface area contributed by atoms with Gasteiger partial charge in [-0.25, -0.2) is 14.2 Å². The number of carbonyl (C=O) groups excluding carboxylic acids is 1. The third-order valence-corrected chi connectivity index (χ3v) is 3.19. The van der Waals surface area contributed by atoms with Crippen LogP contribution < -0.4 is 5.73 Å². The van der Waals surface area contributed by atoms with Crippen LogP contribution in [0.1, 0.15) is 43.7 Å². The molecule has 2 N–H and O–H groups in total. The second-order valence-electron chi connectivity index (χ2n) is 6.04. The minimum Gasteiger partial charge on any atom is -0.462 e. The number of ether oxygens (including phenoxy) is 1. The van der Waals surface area contributed by atoms with E-state index < -0.39 is 11.8 Å². The Morgan fingerprint density at radius 1 is 1.41 bits per heavy atom. The number of halogens is 1. The minimum absolute atomic E-state index is 0.0807. The van der Waals surface area contributed by atoms with Gasteiger partial charge in [0.25, 0.3) is 0 Å². The van der Waals surface area contributed by atoms with Crippen LogP contribution in [0.15, 0.2) is 24.7 Å². The highest BCUT2D eigenvalue weighted by Gasteiger charge is 2.22. The van der Waals surface area contributed by atoms with E-state index in [2.05, 4.69) is 4.98 Å². The minimum atomic E-state index is -0.616. The summed E-state index contributed by atoms with van der Waals surface area (Å²) < 4.78 is 20.8. The van der Waals surface area contributed by atoms with Crippen LogP contribution in [0.4, 0.5) is 10.1 Å². The molecule has 0 bridgehead atoms. The van der Waals surface area contributed by atoms with E-state index in [4.69, 9.17) is 10.5 Å². The Balaban J connectivity index is 2.59. The highest BCUT2D eigenvalue weighted by Crippen LogP contribution is 2.26. The van der Waals surface area contributed by atoms with Crippen molar-refractivity contribution >= 4 is 11.7 Å². The fraction of sp³-hybridized carbons (Fsp3) is 0.375. The largest absolute Gasteiger partial charge is 0.462 e. The molecule has 0 atom stereocenters. The lowest BCUT2D eigenvalue weighted by atomic mass is 9.93. The Bertz CT molecular complexity index is 702. The van der Waals surface area contributed by atoms with Crippen LogP contribution in [0.25, 0.3) is 5.69 Å². The van der Waals surface area contributed by atoms with Gasteiger partial charge in [0.2, 0.25) is 0 Å². The number of aromatic nitrogens is 2. The Kier molecular flexibility index (Phi) is 4.21. The van der Waals surface area contributed by atoms with Crippen LogP contribution in [0.3, 0.4) is 0 Å². The van der Waals surface area contributed by atoms with Gasteiger partial charge in [-0.1, -0.05) is 20.8 Å².